The molecule has 0 aliphatic heterocycles. The number of ether oxygens (including phenoxy) is 1. The van der Waals surface area contributed by atoms with Gasteiger partial charge in [0.25, 0.3) is 0 Å². The molecule has 2 heterocycles. The summed E-state index contributed by atoms with van der Waals surface area (Å²) in [5.41, 5.74) is 3.45. The van der Waals surface area contributed by atoms with Gasteiger partial charge in [0.2, 0.25) is 0 Å². The highest BCUT2D eigenvalue weighted by Gasteiger charge is 2.31. The first kappa shape index (κ1) is 29.4. The largest absolute Gasteiger partial charge is 0.573 e. The van der Waals surface area contributed by atoms with Gasteiger partial charge in [-0.25, -0.2) is 22.9 Å². The number of hydrogen-bond acceptors (Lipinski definition) is 7. The topological polar surface area (TPSA) is 137 Å². The van der Waals surface area contributed by atoms with Gasteiger partial charge in [-0.1, -0.05) is 18.2 Å². The van der Waals surface area contributed by atoms with Crippen molar-refractivity contribution in [2.45, 2.75) is 24.7 Å². The minimum absolute atomic E-state index is 0.0347. The number of benzene rings is 3. The van der Waals surface area contributed by atoms with E-state index in [1.165, 1.54) is 35.0 Å². The summed E-state index contributed by atoms with van der Waals surface area (Å²) in [5, 5.41) is 15.7. The number of aryl methyl sites for hydroxylation is 1. The molecule has 5 rings (SSSR count). The lowest BCUT2D eigenvalue weighted by atomic mass is 9.98. The number of alkyl halides is 3. The number of carboxylic acid groups (broad SMARTS) is 1. The maximum absolute atomic E-state index is 12.7. The maximum atomic E-state index is 12.7. The highest BCUT2D eigenvalue weighted by molar-refractivity contribution is 7.90. The Morgan fingerprint density at radius 3 is 2.40 bits per heavy atom. The molecule has 43 heavy (non-hydrogen) atoms. The van der Waals surface area contributed by atoms with E-state index in [9.17, 15) is 26.4 Å². The van der Waals surface area contributed by atoms with Crippen molar-refractivity contribution in [2.75, 3.05) is 6.26 Å². The standard InChI is InChI=1S/C29H23F3N4O6S/c1-17-34-26(18-6-9-22(10-7-18)42-29(30,31)32)27(41-17)24-15-20(19-4-3-5-23(14-19)43(2,39)40)8-11-25(24)36-13-12-21(35-36)16-33-28(37)38/h3-15,33H,16H2,1-2H3,(H,37,38). The van der Waals surface area contributed by atoms with Gasteiger partial charge in [-0.05, 0) is 65.7 Å². The minimum atomic E-state index is -4.84. The second kappa shape index (κ2) is 11.3. The Balaban J connectivity index is 1.65. The number of carbonyl (C=O) groups is 1. The second-order valence-corrected chi connectivity index (χ2v) is 11.4. The van der Waals surface area contributed by atoms with Crippen LogP contribution in [-0.4, -0.2) is 47.0 Å². The lowest BCUT2D eigenvalue weighted by Gasteiger charge is -2.13. The molecule has 0 aliphatic carbocycles. The van der Waals surface area contributed by atoms with Crippen LogP contribution < -0.4 is 10.1 Å². The van der Waals surface area contributed by atoms with Gasteiger partial charge in [-0.2, -0.15) is 5.10 Å². The highest BCUT2D eigenvalue weighted by atomic mass is 32.2. The van der Waals surface area contributed by atoms with Gasteiger partial charge in [0, 0.05) is 30.5 Å². The molecule has 0 fully saturated rings. The van der Waals surface area contributed by atoms with Gasteiger partial charge >= 0.3 is 12.5 Å². The van der Waals surface area contributed by atoms with E-state index < -0.39 is 28.0 Å². The van der Waals surface area contributed by atoms with Gasteiger partial charge in [0.05, 0.1) is 22.8 Å². The van der Waals surface area contributed by atoms with Crippen LogP contribution in [0.25, 0.3) is 39.4 Å². The summed E-state index contributed by atoms with van der Waals surface area (Å²) in [4.78, 5) is 15.6. The molecule has 0 saturated carbocycles. The zero-order valence-corrected chi connectivity index (χ0v) is 23.4. The van der Waals surface area contributed by atoms with Crippen LogP contribution in [0.5, 0.6) is 5.75 Å². The van der Waals surface area contributed by atoms with Crippen molar-refractivity contribution in [2.24, 2.45) is 0 Å². The Bertz CT molecular complexity index is 1920. The van der Waals surface area contributed by atoms with Crippen molar-refractivity contribution in [3.63, 3.8) is 0 Å². The molecular formula is C29H23F3N4O6S. The van der Waals surface area contributed by atoms with Crippen molar-refractivity contribution >= 4 is 15.9 Å². The third-order valence-electron chi connectivity index (χ3n) is 6.24. The quantitative estimate of drug-likeness (QED) is 0.210. The first-order chi connectivity index (χ1) is 20.3. The smallest absolute Gasteiger partial charge is 0.465 e. The van der Waals surface area contributed by atoms with Crippen LogP contribution in [-0.2, 0) is 16.4 Å². The van der Waals surface area contributed by atoms with Gasteiger partial charge in [0.1, 0.15) is 11.4 Å². The first-order valence-corrected chi connectivity index (χ1v) is 14.5. The molecule has 0 unspecified atom stereocenters. The summed E-state index contributed by atoms with van der Waals surface area (Å²) < 4.78 is 74.0. The van der Waals surface area contributed by atoms with E-state index in [0.29, 0.717) is 39.3 Å². The van der Waals surface area contributed by atoms with Crippen molar-refractivity contribution in [3.8, 4) is 45.1 Å². The maximum Gasteiger partial charge on any atom is 0.573 e. The number of hydrogen-bond donors (Lipinski definition) is 2. The Kier molecular flexibility index (Phi) is 7.71. The summed E-state index contributed by atoms with van der Waals surface area (Å²) in [6.07, 6.45) is -3.30. The lowest BCUT2D eigenvalue weighted by Crippen LogP contribution is -2.20. The molecule has 10 nitrogen and oxygen atoms in total. The molecule has 0 saturated heterocycles. The molecule has 0 bridgehead atoms. The zero-order valence-electron chi connectivity index (χ0n) is 22.6. The SMILES string of the molecule is Cc1nc(-c2ccc(OC(F)(F)F)cc2)c(-c2cc(-c3cccc(S(C)(=O)=O)c3)ccc2-n2ccc(CNC(=O)O)n2)o1. The molecule has 0 atom stereocenters. The summed E-state index contributed by atoms with van der Waals surface area (Å²) in [6, 6.07) is 18.5. The molecule has 0 radical (unpaired) electrons. The fourth-order valence-corrected chi connectivity index (χ4v) is 5.05. The average Bonchev–Trinajstić information content (AvgIpc) is 3.57. The Morgan fingerprint density at radius 2 is 1.72 bits per heavy atom. The van der Waals surface area contributed by atoms with Crippen LogP contribution in [0.15, 0.2) is 88.3 Å². The van der Waals surface area contributed by atoms with Crippen LogP contribution in [0.4, 0.5) is 18.0 Å². The fourth-order valence-electron chi connectivity index (χ4n) is 4.38. The fraction of sp³-hybridized carbons (Fsp3) is 0.138. The summed E-state index contributed by atoms with van der Waals surface area (Å²) >= 11 is 0. The number of amides is 1. The molecular weight excluding hydrogens is 589 g/mol. The molecule has 14 heteroatoms. The molecule has 3 aromatic carbocycles. The third-order valence-corrected chi connectivity index (χ3v) is 7.35. The predicted octanol–water partition coefficient (Wildman–Crippen LogP) is 6.24. The van der Waals surface area contributed by atoms with E-state index in [1.807, 2.05) is 0 Å². The first-order valence-electron chi connectivity index (χ1n) is 12.6. The number of nitrogens with one attached hydrogen (secondary N) is 1. The third kappa shape index (κ3) is 6.86. The van der Waals surface area contributed by atoms with Crippen LogP contribution in [0, 0.1) is 6.92 Å². The predicted molar refractivity (Wildman–Crippen MR) is 149 cm³/mol. The zero-order chi connectivity index (χ0) is 30.9. The average molecular weight is 613 g/mol. The van der Waals surface area contributed by atoms with E-state index in [-0.39, 0.29) is 23.1 Å². The van der Waals surface area contributed by atoms with Crippen LogP contribution in [0.3, 0.4) is 0 Å². The van der Waals surface area contributed by atoms with Crippen LogP contribution in [0.1, 0.15) is 11.6 Å². The molecule has 222 valence electrons. The molecule has 0 spiro atoms. The van der Waals surface area contributed by atoms with E-state index in [2.05, 4.69) is 20.1 Å². The number of aromatic nitrogens is 3. The molecule has 0 aliphatic rings. The summed E-state index contributed by atoms with van der Waals surface area (Å²) in [7, 11) is -3.48. The molecule has 5 aromatic rings. The van der Waals surface area contributed by atoms with E-state index in [4.69, 9.17) is 9.52 Å². The highest BCUT2D eigenvalue weighted by Crippen LogP contribution is 2.39. The number of oxazole rings is 1. The lowest BCUT2D eigenvalue weighted by molar-refractivity contribution is -0.274. The second-order valence-electron chi connectivity index (χ2n) is 9.43. The van der Waals surface area contributed by atoms with Crippen LogP contribution in [0.2, 0.25) is 0 Å². The van der Waals surface area contributed by atoms with Crippen molar-refractivity contribution in [1.82, 2.24) is 20.1 Å². The monoisotopic (exact) mass is 612 g/mol. The molecule has 2 aromatic heterocycles. The Morgan fingerprint density at radius 1 is 1.02 bits per heavy atom. The number of halogens is 3. The number of rotatable bonds is 8. The summed E-state index contributed by atoms with van der Waals surface area (Å²) in [6.45, 7) is 1.59. The van der Waals surface area contributed by atoms with Crippen molar-refractivity contribution < 1.29 is 40.6 Å². The molecule has 2 N–H and O–H groups in total. The van der Waals surface area contributed by atoms with E-state index >= 15 is 0 Å². The number of nitrogens with zero attached hydrogens (tertiary/aromatic N) is 3. The van der Waals surface area contributed by atoms with Gasteiger partial charge in [-0.3, -0.25) is 0 Å². The molecule has 1 amide bonds. The van der Waals surface area contributed by atoms with E-state index in [1.54, 1.807) is 55.6 Å². The van der Waals surface area contributed by atoms with Crippen LogP contribution >= 0.6 is 0 Å². The van der Waals surface area contributed by atoms with Gasteiger partial charge < -0.3 is 19.6 Å². The van der Waals surface area contributed by atoms with Crippen molar-refractivity contribution in [3.05, 3.63) is 90.6 Å². The Labute approximate surface area is 243 Å². The minimum Gasteiger partial charge on any atom is -0.465 e. The Hall–Kier alpha value is -5.11. The van der Waals surface area contributed by atoms with Gasteiger partial charge in [0.15, 0.2) is 21.5 Å². The van der Waals surface area contributed by atoms with E-state index in [0.717, 1.165) is 6.26 Å². The summed E-state index contributed by atoms with van der Waals surface area (Å²) in [5.74, 6) is 0.159. The number of sulfone groups is 1. The van der Waals surface area contributed by atoms with Gasteiger partial charge in [-0.15, -0.1) is 13.2 Å². The van der Waals surface area contributed by atoms with Crippen molar-refractivity contribution in [1.29, 1.82) is 0 Å². The normalized spacial score (nSPS) is 11.8.